The zero-order valence-corrected chi connectivity index (χ0v) is 20.5. The molecule has 0 aromatic rings. The van der Waals surface area contributed by atoms with Gasteiger partial charge in [0, 0.05) is 0 Å². The molecule has 0 aliphatic carbocycles. The van der Waals surface area contributed by atoms with Gasteiger partial charge in [0.15, 0.2) is 0 Å². The smallest absolute Gasteiger partial charge is 0.326 e. The molecule has 12 heteroatoms. The quantitative estimate of drug-likeness (QED) is 0.132. The number of carbonyl (C=O) groups excluding carboxylic acids is 3. The van der Waals surface area contributed by atoms with Gasteiger partial charge in [0.1, 0.15) is 18.1 Å². The van der Waals surface area contributed by atoms with E-state index in [4.69, 9.17) is 11.5 Å². The topological polar surface area (TPSA) is 214 Å². The molecule has 5 unspecified atom stereocenters. The Morgan fingerprint density at radius 2 is 1.41 bits per heavy atom. The van der Waals surface area contributed by atoms with E-state index in [0.717, 1.165) is 0 Å². The Kier molecular flexibility index (Phi) is 14.7. The minimum Gasteiger partial charge on any atom is -0.481 e. The van der Waals surface area contributed by atoms with E-state index in [2.05, 4.69) is 16.0 Å². The van der Waals surface area contributed by atoms with Crippen LogP contribution in [0.1, 0.15) is 66.2 Å². The van der Waals surface area contributed by atoms with Crippen LogP contribution in [0.5, 0.6) is 0 Å². The molecule has 34 heavy (non-hydrogen) atoms. The third-order valence-electron chi connectivity index (χ3n) is 5.43. The highest BCUT2D eigenvalue weighted by Crippen LogP contribution is 2.10. The minimum atomic E-state index is -1.46. The van der Waals surface area contributed by atoms with E-state index in [1.165, 1.54) is 0 Å². The summed E-state index contributed by atoms with van der Waals surface area (Å²) < 4.78 is 0. The maximum atomic E-state index is 12.9. The van der Waals surface area contributed by atoms with Gasteiger partial charge in [0.25, 0.3) is 0 Å². The summed E-state index contributed by atoms with van der Waals surface area (Å²) in [7, 11) is 0. The predicted octanol–water partition coefficient (Wildman–Crippen LogP) is -0.451. The largest absolute Gasteiger partial charge is 0.481 e. The van der Waals surface area contributed by atoms with Crippen LogP contribution >= 0.6 is 0 Å². The molecular weight excluding hydrogens is 446 g/mol. The summed E-state index contributed by atoms with van der Waals surface area (Å²) in [5.74, 6) is -5.05. The second-order valence-electron chi connectivity index (χ2n) is 8.95. The van der Waals surface area contributed by atoms with Gasteiger partial charge in [-0.25, -0.2) is 4.79 Å². The Morgan fingerprint density at radius 3 is 1.88 bits per heavy atom. The monoisotopic (exact) mass is 487 g/mol. The minimum absolute atomic E-state index is 0.107. The molecule has 9 N–H and O–H groups in total. The summed E-state index contributed by atoms with van der Waals surface area (Å²) in [6.07, 6.45) is 1.31. The lowest BCUT2D eigenvalue weighted by molar-refractivity contribution is -0.144. The maximum absolute atomic E-state index is 12.9. The standard InChI is InChI=1S/C22H41N5O7/c1-5-13(4)18(22(33)34)27-20(31)15(8-6-7-9-23)25-21(32)16(11-17(28)29)26-19(30)14(24)10-12(2)3/h12-16,18H,5-11,23-24H2,1-4H3,(H,25,32)(H,26,30)(H,27,31)(H,28,29)(H,33,34). The second-order valence-corrected chi connectivity index (χ2v) is 8.95. The number of aliphatic carboxylic acids is 2. The molecule has 0 aliphatic rings. The molecule has 12 nitrogen and oxygen atoms in total. The van der Waals surface area contributed by atoms with Crippen LogP contribution in [0, 0.1) is 11.8 Å². The molecule has 0 bridgehead atoms. The summed E-state index contributed by atoms with van der Waals surface area (Å²) in [6.45, 7) is 7.56. The third kappa shape index (κ3) is 11.9. The van der Waals surface area contributed by atoms with Crippen LogP contribution in [0.15, 0.2) is 0 Å². The van der Waals surface area contributed by atoms with Crippen LogP contribution in [0.4, 0.5) is 0 Å². The number of nitrogens with two attached hydrogens (primary N) is 2. The average molecular weight is 488 g/mol. The van der Waals surface area contributed by atoms with Crippen molar-refractivity contribution in [1.82, 2.24) is 16.0 Å². The highest BCUT2D eigenvalue weighted by Gasteiger charge is 2.32. The van der Waals surface area contributed by atoms with Crippen LogP contribution in [-0.2, 0) is 24.0 Å². The molecule has 0 spiro atoms. The van der Waals surface area contributed by atoms with E-state index < -0.39 is 60.2 Å². The number of hydrogen-bond donors (Lipinski definition) is 7. The summed E-state index contributed by atoms with van der Waals surface area (Å²) >= 11 is 0. The molecule has 3 amide bonds. The van der Waals surface area contributed by atoms with Crippen molar-refractivity contribution >= 4 is 29.7 Å². The van der Waals surface area contributed by atoms with E-state index in [0.29, 0.717) is 32.2 Å². The first kappa shape index (κ1) is 31.3. The molecule has 0 aromatic carbocycles. The van der Waals surface area contributed by atoms with Gasteiger partial charge in [-0.15, -0.1) is 0 Å². The fourth-order valence-electron chi connectivity index (χ4n) is 3.25. The average Bonchev–Trinajstić information content (AvgIpc) is 2.74. The van der Waals surface area contributed by atoms with Crippen LogP contribution in [-0.4, -0.2) is 70.6 Å². The van der Waals surface area contributed by atoms with E-state index in [9.17, 15) is 34.2 Å². The fourth-order valence-corrected chi connectivity index (χ4v) is 3.25. The molecule has 196 valence electrons. The highest BCUT2D eigenvalue weighted by molar-refractivity contribution is 5.95. The lowest BCUT2D eigenvalue weighted by Gasteiger charge is -2.26. The van der Waals surface area contributed by atoms with E-state index in [-0.39, 0.29) is 18.3 Å². The molecule has 5 atom stereocenters. The zero-order chi connectivity index (χ0) is 26.4. The fraction of sp³-hybridized carbons (Fsp3) is 0.773. The van der Waals surface area contributed by atoms with Gasteiger partial charge >= 0.3 is 11.9 Å². The SMILES string of the molecule is CCC(C)C(NC(=O)C(CCCCN)NC(=O)C(CC(=O)O)NC(=O)C(N)CC(C)C)C(=O)O. The van der Waals surface area contributed by atoms with Crippen LogP contribution < -0.4 is 27.4 Å². The van der Waals surface area contributed by atoms with E-state index >= 15 is 0 Å². The molecule has 0 saturated heterocycles. The predicted molar refractivity (Wildman–Crippen MR) is 125 cm³/mol. The Hall–Kier alpha value is -2.73. The van der Waals surface area contributed by atoms with E-state index in [1.54, 1.807) is 13.8 Å². The summed E-state index contributed by atoms with van der Waals surface area (Å²) in [5, 5.41) is 25.9. The van der Waals surface area contributed by atoms with Crippen molar-refractivity contribution in [2.45, 2.75) is 90.4 Å². The number of rotatable bonds is 17. The Morgan fingerprint density at radius 1 is 0.853 bits per heavy atom. The van der Waals surface area contributed by atoms with Gasteiger partial charge in [-0.05, 0) is 44.1 Å². The van der Waals surface area contributed by atoms with Crippen molar-refractivity contribution in [2.24, 2.45) is 23.3 Å². The molecular formula is C22H41N5O7. The van der Waals surface area contributed by atoms with Gasteiger partial charge < -0.3 is 37.6 Å². The van der Waals surface area contributed by atoms with Gasteiger partial charge in [-0.3, -0.25) is 19.2 Å². The number of hydrogen-bond acceptors (Lipinski definition) is 7. The molecule has 0 aliphatic heterocycles. The van der Waals surface area contributed by atoms with Crippen molar-refractivity contribution in [1.29, 1.82) is 0 Å². The van der Waals surface area contributed by atoms with Crippen molar-refractivity contribution in [2.75, 3.05) is 6.54 Å². The Balaban J connectivity index is 5.57. The number of amides is 3. The van der Waals surface area contributed by atoms with Gasteiger partial charge in [-0.1, -0.05) is 34.1 Å². The summed E-state index contributed by atoms with van der Waals surface area (Å²) in [5.41, 5.74) is 11.3. The lowest BCUT2D eigenvalue weighted by Crippen LogP contribution is -2.58. The second kappa shape index (κ2) is 16.0. The van der Waals surface area contributed by atoms with Crippen molar-refractivity contribution in [3.05, 3.63) is 0 Å². The highest BCUT2D eigenvalue weighted by atomic mass is 16.4. The van der Waals surface area contributed by atoms with Crippen molar-refractivity contribution < 1.29 is 34.2 Å². The first-order valence-electron chi connectivity index (χ1n) is 11.6. The van der Waals surface area contributed by atoms with Crippen LogP contribution in [0.3, 0.4) is 0 Å². The van der Waals surface area contributed by atoms with Gasteiger partial charge in [0.2, 0.25) is 17.7 Å². The number of carboxylic acids is 2. The normalized spacial score (nSPS) is 15.5. The Labute approximate surface area is 200 Å². The molecule has 0 radical (unpaired) electrons. The van der Waals surface area contributed by atoms with Crippen LogP contribution in [0.25, 0.3) is 0 Å². The van der Waals surface area contributed by atoms with Crippen LogP contribution in [0.2, 0.25) is 0 Å². The number of carboxylic acid groups (broad SMARTS) is 2. The Bertz CT molecular complexity index is 701. The van der Waals surface area contributed by atoms with Gasteiger partial charge in [0.05, 0.1) is 12.5 Å². The number of nitrogens with one attached hydrogen (secondary N) is 3. The zero-order valence-electron chi connectivity index (χ0n) is 20.5. The maximum Gasteiger partial charge on any atom is 0.326 e. The van der Waals surface area contributed by atoms with E-state index in [1.807, 2.05) is 13.8 Å². The lowest BCUT2D eigenvalue weighted by atomic mass is 9.98. The first-order chi connectivity index (χ1) is 15.8. The molecule has 0 aromatic heterocycles. The van der Waals surface area contributed by atoms with Gasteiger partial charge in [-0.2, -0.15) is 0 Å². The third-order valence-corrected chi connectivity index (χ3v) is 5.43. The van der Waals surface area contributed by atoms with Crippen molar-refractivity contribution in [3.8, 4) is 0 Å². The summed E-state index contributed by atoms with van der Waals surface area (Å²) in [6, 6.07) is -4.69. The molecule has 0 saturated carbocycles. The molecule has 0 heterocycles. The number of carbonyl (C=O) groups is 5. The molecule has 0 rings (SSSR count). The molecule has 0 fully saturated rings. The summed E-state index contributed by atoms with van der Waals surface area (Å²) in [4.78, 5) is 61.0. The van der Waals surface area contributed by atoms with Crippen molar-refractivity contribution in [3.63, 3.8) is 0 Å². The number of unbranched alkanes of at least 4 members (excludes halogenated alkanes) is 1. The first-order valence-corrected chi connectivity index (χ1v) is 11.6.